The van der Waals surface area contributed by atoms with Crippen molar-refractivity contribution in [3.63, 3.8) is 0 Å². The third-order valence-corrected chi connectivity index (χ3v) is 3.53. The van der Waals surface area contributed by atoms with Crippen molar-refractivity contribution in [1.29, 1.82) is 0 Å². The van der Waals surface area contributed by atoms with E-state index in [1.807, 2.05) is 12.1 Å². The highest BCUT2D eigenvalue weighted by molar-refractivity contribution is 5.81. The van der Waals surface area contributed by atoms with E-state index in [1.54, 1.807) is 18.2 Å². The fraction of sp³-hybridized carbons (Fsp3) is 0.286. The summed E-state index contributed by atoms with van der Waals surface area (Å²) in [5.74, 6) is 1.07. The van der Waals surface area contributed by atoms with Crippen molar-refractivity contribution in [3.8, 4) is 5.75 Å². The van der Waals surface area contributed by atoms with Gasteiger partial charge in [0.15, 0.2) is 0 Å². The van der Waals surface area contributed by atoms with Gasteiger partial charge in [0.05, 0.1) is 5.52 Å². The number of aromatic nitrogens is 1. The fourth-order valence-electron chi connectivity index (χ4n) is 2.41. The maximum Gasteiger partial charge on any atom is 0.407 e. The Labute approximate surface area is 115 Å². The normalized spacial score (nSPS) is 15.6. The van der Waals surface area contributed by atoms with Gasteiger partial charge in [-0.25, -0.2) is 9.78 Å². The van der Waals surface area contributed by atoms with Crippen molar-refractivity contribution >= 4 is 22.8 Å². The molecule has 3 rings (SSSR count). The van der Waals surface area contributed by atoms with Crippen molar-refractivity contribution in [3.05, 3.63) is 30.3 Å². The Morgan fingerprint density at radius 1 is 1.10 bits per heavy atom. The summed E-state index contributed by atoms with van der Waals surface area (Å²) in [6.07, 6.45) is -0.869. The van der Waals surface area contributed by atoms with Gasteiger partial charge in [0.25, 0.3) is 0 Å². The van der Waals surface area contributed by atoms with Crippen LogP contribution in [0, 0.1) is 0 Å². The van der Waals surface area contributed by atoms with E-state index in [4.69, 9.17) is 5.11 Å². The molecule has 0 atom stereocenters. The molecular formula is C14H15N3O3. The molecule has 1 amide bonds. The molecule has 1 saturated heterocycles. The summed E-state index contributed by atoms with van der Waals surface area (Å²) in [7, 11) is 0. The average molecular weight is 273 g/mol. The molecule has 2 heterocycles. The SMILES string of the molecule is O=C(O)N1CCN(c2ccc3cc(O)ccc3n2)CC1. The molecule has 0 saturated carbocycles. The minimum Gasteiger partial charge on any atom is -0.508 e. The molecule has 0 aliphatic carbocycles. The standard InChI is InChI=1S/C14H15N3O3/c18-11-2-3-12-10(9-11)1-4-13(15-12)16-5-7-17(8-6-16)14(19)20/h1-4,9,18H,5-8H2,(H,19,20). The summed E-state index contributed by atoms with van der Waals surface area (Å²) in [6, 6.07) is 8.89. The van der Waals surface area contributed by atoms with Gasteiger partial charge in [0, 0.05) is 31.6 Å². The zero-order valence-electron chi connectivity index (χ0n) is 10.9. The Morgan fingerprint density at radius 2 is 1.85 bits per heavy atom. The molecule has 1 aliphatic rings. The minimum atomic E-state index is -0.869. The highest BCUT2D eigenvalue weighted by Crippen LogP contribution is 2.22. The van der Waals surface area contributed by atoms with Crippen LogP contribution in [0.3, 0.4) is 0 Å². The van der Waals surface area contributed by atoms with E-state index < -0.39 is 6.09 Å². The lowest BCUT2D eigenvalue weighted by Crippen LogP contribution is -2.48. The molecule has 2 N–H and O–H groups in total. The summed E-state index contributed by atoms with van der Waals surface area (Å²) in [6.45, 7) is 2.26. The molecule has 0 radical (unpaired) electrons. The topological polar surface area (TPSA) is 76.9 Å². The maximum absolute atomic E-state index is 10.9. The number of aromatic hydroxyl groups is 1. The van der Waals surface area contributed by atoms with E-state index in [1.165, 1.54) is 4.90 Å². The Hall–Kier alpha value is -2.50. The first-order valence-corrected chi connectivity index (χ1v) is 6.46. The Bertz CT molecular complexity index is 651. The van der Waals surface area contributed by atoms with E-state index in [0.717, 1.165) is 16.7 Å². The van der Waals surface area contributed by atoms with Crippen LogP contribution in [0.5, 0.6) is 5.75 Å². The average Bonchev–Trinajstić information content (AvgIpc) is 2.47. The number of phenolic OH excluding ortho intramolecular Hbond substituents is 1. The van der Waals surface area contributed by atoms with Crippen molar-refractivity contribution in [2.75, 3.05) is 31.1 Å². The molecule has 6 heteroatoms. The van der Waals surface area contributed by atoms with Gasteiger partial charge in [-0.2, -0.15) is 0 Å². The van der Waals surface area contributed by atoms with E-state index in [-0.39, 0.29) is 5.75 Å². The van der Waals surface area contributed by atoms with Crippen LogP contribution >= 0.6 is 0 Å². The molecule has 104 valence electrons. The van der Waals surface area contributed by atoms with Crippen LogP contribution in [0.2, 0.25) is 0 Å². The van der Waals surface area contributed by atoms with Crippen LogP contribution < -0.4 is 4.90 Å². The van der Waals surface area contributed by atoms with Crippen molar-refractivity contribution in [2.45, 2.75) is 0 Å². The first-order chi connectivity index (χ1) is 9.63. The number of hydrogen-bond acceptors (Lipinski definition) is 4. The van der Waals surface area contributed by atoms with Gasteiger partial charge in [-0.15, -0.1) is 0 Å². The number of amides is 1. The largest absolute Gasteiger partial charge is 0.508 e. The Morgan fingerprint density at radius 3 is 2.55 bits per heavy atom. The predicted molar refractivity (Wildman–Crippen MR) is 75.2 cm³/mol. The highest BCUT2D eigenvalue weighted by atomic mass is 16.4. The summed E-state index contributed by atoms with van der Waals surface area (Å²) < 4.78 is 0. The Kier molecular flexibility index (Phi) is 3.06. The second kappa shape index (κ2) is 4.88. The van der Waals surface area contributed by atoms with Gasteiger partial charge < -0.3 is 20.0 Å². The van der Waals surface area contributed by atoms with Crippen LogP contribution in [0.1, 0.15) is 0 Å². The minimum absolute atomic E-state index is 0.224. The van der Waals surface area contributed by atoms with Crippen LogP contribution in [0.25, 0.3) is 10.9 Å². The molecule has 0 unspecified atom stereocenters. The monoisotopic (exact) mass is 273 g/mol. The lowest BCUT2D eigenvalue weighted by molar-refractivity contribution is 0.142. The van der Waals surface area contributed by atoms with E-state index in [0.29, 0.717) is 26.2 Å². The number of piperazine rings is 1. The van der Waals surface area contributed by atoms with Crippen LogP contribution in [0.4, 0.5) is 10.6 Å². The summed E-state index contributed by atoms with van der Waals surface area (Å²) >= 11 is 0. The van der Waals surface area contributed by atoms with Crippen molar-refractivity contribution < 1.29 is 15.0 Å². The molecule has 6 nitrogen and oxygen atoms in total. The van der Waals surface area contributed by atoms with Gasteiger partial charge in [0.1, 0.15) is 11.6 Å². The lowest BCUT2D eigenvalue weighted by atomic mass is 10.2. The molecule has 1 aromatic carbocycles. The van der Waals surface area contributed by atoms with Gasteiger partial charge in [0.2, 0.25) is 0 Å². The molecule has 0 bridgehead atoms. The number of anilines is 1. The number of pyridine rings is 1. The zero-order chi connectivity index (χ0) is 14.1. The first-order valence-electron chi connectivity index (χ1n) is 6.46. The zero-order valence-corrected chi connectivity index (χ0v) is 10.9. The predicted octanol–water partition coefficient (Wildman–Crippen LogP) is 1.74. The lowest BCUT2D eigenvalue weighted by Gasteiger charge is -2.33. The highest BCUT2D eigenvalue weighted by Gasteiger charge is 2.21. The van der Waals surface area contributed by atoms with Crippen molar-refractivity contribution in [1.82, 2.24) is 9.88 Å². The number of nitrogens with zero attached hydrogens (tertiary/aromatic N) is 3. The number of benzene rings is 1. The van der Waals surface area contributed by atoms with Gasteiger partial charge in [-0.05, 0) is 30.3 Å². The van der Waals surface area contributed by atoms with E-state index >= 15 is 0 Å². The number of phenols is 1. The third kappa shape index (κ3) is 2.32. The number of fused-ring (bicyclic) bond motifs is 1. The number of carbonyl (C=O) groups is 1. The van der Waals surface area contributed by atoms with Crippen LogP contribution in [-0.2, 0) is 0 Å². The number of carboxylic acid groups (broad SMARTS) is 1. The second-order valence-electron chi connectivity index (χ2n) is 4.80. The molecule has 20 heavy (non-hydrogen) atoms. The summed E-state index contributed by atoms with van der Waals surface area (Å²) in [5, 5.41) is 19.2. The smallest absolute Gasteiger partial charge is 0.407 e. The van der Waals surface area contributed by atoms with Gasteiger partial charge in [-0.1, -0.05) is 0 Å². The number of rotatable bonds is 1. The summed E-state index contributed by atoms with van der Waals surface area (Å²) in [4.78, 5) is 18.9. The Balaban J connectivity index is 1.81. The first kappa shape index (κ1) is 12.5. The molecule has 1 aromatic heterocycles. The molecule has 1 aliphatic heterocycles. The molecule has 0 spiro atoms. The van der Waals surface area contributed by atoms with Crippen molar-refractivity contribution in [2.24, 2.45) is 0 Å². The molecule has 1 fully saturated rings. The molecule has 2 aromatic rings. The number of hydrogen-bond donors (Lipinski definition) is 2. The third-order valence-electron chi connectivity index (χ3n) is 3.53. The quantitative estimate of drug-likeness (QED) is 0.827. The van der Waals surface area contributed by atoms with Crippen LogP contribution in [0.15, 0.2) is 30.3 Å². The van der Waals surface area contributed by atoms with E-state index in [2.05, 4.69) is 9.88 Å². The van der Waals surface area contributed by atoms with Gasteiger partial charge in [-0.3, -0.25) is 0 Å². The van der Waals surface area contributed by atoms with Crippen LogP contribution in [-0.4, -0.2) is 52.4 Å². The molecular weight excluding hydrogens is 258 g/mol. The van der Waals surface area contributed by atoms with E-state index in [9.17, 15) is 9.90 Å². The fourth-order valence-corrected chi connectivity index (χ4v) is 2.41. The maximum atomic E-state index is 10.9. The van der Waals surface area contributed by atoms with Gasteiger partial charge >= 0.3 is 6.09 Å². The second-order valence-corrected chi connectivity index (χ2v) is 4.80. The summed E-state index contributed by atoms with van der Waals surface area (Å²) in [5.41, 5.74) is 0.820.